The number of rotatable bonds is 17. The van der Waals surface area contributed by atoms with Crippen LogP contribution < -0.4 is 15.0 Å². The Morgan fingerprint density at radius 3 is 2.62 bits per heavy atom. The van der Waals surface area contributed by atoms with Crippen molar-refractivity contribution in [2.24, 2.45) is 0 Å². The Labute approximate surface area is 248 Å². The van der Waals surface area contributed by atoms with Crippen LogP contribution in [0.5, 0.6) is 5.75 Å². The van der Waals surface area contributed by atoms with Gasteiger partial charge in [0.05, 0.1) is 44.8 Å². The van der Waals surface area contributed by atoms with Crippen molar-refractivity contribution in [2.45, 2.75) is 63.6 Å². The molecule has 0 radical (unpaired) electrons. The van der Waals surface area contributed by atoms with E-state index in [0.29, 0.717) is 46.0 Å². The Morgan fingerprint density at radius 1 is 1.07 bits per heavy atom. The van der Waals surface area contributed by atoms with Gasteiger partial charge >= 0.3 is 0 Å². The van der Waals surface area contributed by atoms with Crippen LogP contribution in [0.4, 0.5) is 5.69 Å². The lowest BCUT2D eigenvalue weighted by Crippen LogP contribution is -2.48. The number of ether oxygens (including phenoxy) is 5. The number of anilines is 1. The highest BCUT2D eigenvalue weighted by atomic mass is 17.0. The third kappa shape index (κ3) is 9.53. The molecule has 11 heteroatoms. The molecular weight excluding hydrogens is 542 g/mol. The Bertz CT molecular complexity index is 1100. The van der Waals surface area contributed by atoms with Gasteiger partial charge in [0.2, 0.25) is 0 Å². The van der Waals surface area contributed by atoms with Crippen LogP contribution >= 0.6 is 0 Å². The van der Waals surface area contributed by atoms with E-state index >= 15 is 0 Å². The van der Waals surface area contributed by atoms with Crippen molar-refractivity contribution >= 4 is 5.69 Å². The molecule has 2 aromatic rings. The zero-order valence-corrected chi connectivity index (χ0v) is 25.0. The molecule has 0 saturated carbocycles. The average Bonchev–Trinajstić information content (AvgIpc) is 2.99. The fourth-order valence-corrected chi connectivity index (χ4v) is 5.70. The van der Waals surface area contributed by atoms with Crippen LogP contribution in [0.15, 0.2) is 42.5 Å². The predicted octanol–water partition coefficient (Wildman–Crippen LogP) is 4.10. The Kier molecular flexibility index (Phi) is 12.6. The lowest BCUT2D eigenvalue weighted by molar-refractivity contribution is -0.767. The maximum Gasteiger partial charge on any atom is 0.294 e. The average molecular weight is 588 g/mol. The van der Waals surface area contributed by atoms with Crippen LogP contribution in [0.2, 0.25) is 0 Å². The second-order valence-electron chi connectivity index (χ2n) is 10.9. The summed E-state index contributed by atoms with van der Waals surface area (Å²) in [5.74, 6) is 1.02. The maximum absolute atomic E-state index is 10.8. The van der Waals surface area contributed by atoms with Crippen molar-refractivity contribution < 1.29 is 33.6 Å². The summed E-state index contributed by atoms with van der Waals surface area (Å²) in [5.41, 5.74) is 4.46. The summed E-state index contributed by atoms with van der Waals surface area (Å²) in [6, 6.07) is 14.8. The van der Waals surface area contributed by atoms with Gasteiger partial charge in [0.15, 0.2) is 0 Å². The molecule has 42 heavy (non-hydrogen) atoms. The molecule has 0 bridgehead atoms. The summed E-state index contributed by atoms with van der Waals surface area (Å²) in [6.45, 7) is 7.65. The molecule has 0 spiro atoms. The van der Waals surface area contributed by atoms with E-state index in [4.69, 9.17) is 28.5 Å². The molecule has 4 rings (SSSR count). The van der Waals surface area contributed by atoms with Gasteiger partial charge in [0, 0.05) is 45.9 Å². The molecule has 0 amide bonds. The summed E-state index contributed by atoms with van der Waals surface area (Å²) < 4.78 is 28.5. The minimum atomic E-state index is -0.716. The number of hydrogen-bond donors (Lipinski definition) is 1. The first-order valence-electron chi connectivity index (χ1n) is 14.8. The topological polar surface area (TPSA) is 114 Å². The molecule has 2 aliphatic heterocycles. The SMILES string of the molecule is COCCCN1CCOc2ccc(CO[C@H]3CN[C@@H](C[C@H](C)O[N+](=O)[O-])C[C@@H]3c3ccc(COCCOC)cc3)cc21. The van der Waals surface area contributed by atoms with Crippen molar-refractivity contribution in [3.63, 3.8) is 0 Å². The number of hydrogen-bond acceptors (Lipinski definition) is 10. The lowest BCUT2D eigenvalue weighted by atomic mass is 9.82. The van der Waals surface area contributed by atoms with E-state index in [2.05, 4.69) is 46.6 Å². The highest BCUT2D eigenvalue weighted by molar-refractivity contribution is 5.61. The van der Waals surface area contributed by atoms with E-state index in [1.54, 1.807) is 21.1 Å². The maximum atomic E-state index is 10.8. The second-order valence-corrected chi connectivity index (χ2v) is 10.9. The van der Waals surface area contributed by atoms with Crippen molar-refractivity contribution in [3.8, 4) is 5.75 Å². The molecule has 2 aliphatic rings. The number of methoxy groups -OCH3 is 2. The molecule has 0 unspecified atom stereocenters. The minimum Gasteiger partial charge on any atom is -0.490 e. The number of benzene rings is 2. The van der Waals surface area contributed by atoms with Gasteiger partial charge in [-0.05, 0) is 55.0 Å². The Hall–Kier alpha value is -2.96. The monoisotopic (exact) mass is 587 g/mol. The van der Waals surface area contributed by atoms with E-state index in [1.807, 2.05) is 6.07 Å². The van der Waals surface area contributed by atoms with E-state index in [1.165, 1.54) is 5.56 Å². The van der Waals surface area contributed by atoms with Crippen LogP contribution in [-0.2, 0) is 37.0 Å². The van der Waals surface area contributed by atoms with Gasteiger partial charge < -0.3 is 38.7 Å². The van der Waals surface area contributed by atoms with Gasteiger partial charge in [-0.1, -0.05) is 30.3 Å². The standard InChI is InChI=1S/C31H45N3O8/c1-23(42-34(35)36)17-27-19-28(26-8-5-24(6-9-26)21-39-16-15-38-3)31(20-32-27)41-22-25-7-10-30-29(18-25)33(12-14-40-30)11-4-13-37-2/h5-10,18,23,27-28,31-32H,4,11-17,19-22H2,1-3H3/t23-,27-,28+,31-/m0/s1. The quantitative estimate of drug-likeness (QED) is 0.165. The van der Waals surface area contributed by atoms with Crippen molar-refractivity contribution in [3.05, 3.63) is 69.3 Å². The summed E-state index contributed by atoms with van der Waals surface area (Å²) >= 11 is 0. The molecule has 0 aromatic heterocycles. The van der Waals surface area contributed by atoms with Crippen LogP contribution in [0.25, 0.3) is 0 Å². The number of fused-ring (bicyclic) bond motifs is 1. The van der Waals surface area contributed by atoms with E-state index in [0.717, 1.165) is 55.1 Å². The van der Waals surface area contributed by atoms with Crippen molar-refractivity contribution in [1.82, 2.24) is 5.32 Å². The van der Waals surface area contributed by atoms with E-state index < -0.39 is 11.2 Å². The smallest absolute Gasteiger partial charge is 0.294 e. The first kappa shape index (κ1) is 32.0. The Balaban J connectivity index is 1.43. The molecule has 0 aliphatic carbocycles. The zero-order valence-electron chi connectivity index (χ0n) is 25.0. The lowest BCUT2D eigenvalue weighted by Gasteiger charge is -2.38. The fraction of sp³-hybridized carbons (Fsp3) is 0.613. The first-order chi connectivity index (χ1) is 20.5. The summed E-state index contributed by atoms with van der Waals surface area (Å²) in [6.07, 6.45) is 1.72. The highest BCUT2D eigenvalue weighted by Gasteiger charge is 2.33. The van der Waals surface area contributed by atoms with Gasteiger partial charge in [-0.3, -0.25) is 0 Å². The normalized spacial score (nSPS) is 20.9. The molecule has 232 valence electrons. The predicted molar refractivity (Wildman–Crippen MR) is 159 cm³/mol. The third-order valence-corrected chi connectivity index (χ3v) is 7.81. The number of piperidine rings is 1. The molecule has 2 heterocycles. The van der Waals surface area contributed by atoms with Gasteiger partial charge in [0.1, 0.15) is 18.5 Å². The van der Waals surface area contributed by atoms with Crippen molar-refractivity contribution in [2.75, 3.05) is 65.2 Å². The summed E-state index contributed by atoms with van der Waals surface area (Å²) in [4.78, 5) is 18.0. The van der Waals surface area contributed by atoms with Gasteiger partial charge in [-0.2, -0.15) is 0 Å². The molecule has 1 N–H and O–H groups in total. The fourth-order valence-electron chi connectivity index (χ4n) is 5.70. The van der Waals surface area contributed by atoms with Crippen LogP contribution in [0.3, 0.4) is 0 Å². The molecule has 2 aromatic carbocycles. The van der Waals surface area contributed by atoms with Gasteiger partial charge in [0.25, 0.3) is 5.09 Å². The zero-order chi connectivity index (χ0) is 29.7. The number of nitrogens with zero attached hydrogens (tertiary/aromatic N) is 2. The molecule has 11 nitrogen and oxygen atoms in total. The molecular formula is C31H45N3O8. The summed E-state index contributed by atoms with van der Waals surface area (Å²) in [5, 5.41) is 13.7. The highest BCUT2D eigenvalue weighted by Crippen LogP contribution is 2.35. The molecule has 1 fully saturated rings. The largest absolute Gasteiger partial charge is 0.490 e. The van der Waals surface area contributed by atoms with Crippen LogP contribution in [0, 0.1) is 10.1 Å². The van der Waals surface area contributed by atoms with Gasteiger partial charge in [-0.15, -0.1) is 10.1 Å². The summed E-state index contributed by atoms with van der Waals surface area (Å²) in [7, 11) is 3.39. The van der Waals surface area contributed by atoms with Crippen LogP contribution in [0.1, 0.15) is 48.8 Å². The third-order valence-electron chi connectivity index (χ3n) is 7.81. The minimum absolute atomic E-state index is 0.0677. The first-order valence-corrected chi connectivity index (χ1v) is 14.8. The van der Waals surface area contributed by atoms with Crippen molar-refractivity contribution in [1.29, 1.82) is 0 Å². The van der Waals surface area contributed by atoms with E-state index in [-0.39, 0.29) is 18.1 Å². The molecule has 1 saturated heterocycles. The second kappa shape index (κ2) is 16.6. The molecule has 4 atom stereocenters. The van der Waals surface area contributed by atoms with Gasteiger partial charge in [-0.25, -0.2) is 0 Å². The van der Waals surface area contributed by atoms with E-state index in [9.17, 15) is 10.1 Å². The number of nitrogens with one attached hydrogen (secondary N) is 1. The Morgan fingerprint density at radius 2 is 1.86 bits per heavy atom. The van der Waals surface area contributed by atoms with Crippen LogP contribution in [-0.4, -0.2) is 83.6 Å².